The number of nitrogens with one attached hydrogen (secondary N) is 2. The first-order valence-electron chi connectivity index (χ1n) is 9.55. The van der Waals surface area contributed by atoms with Crippen LogP contribution in [0.2, 0.25) is 0 Å². The number of para-hydroxylation sites is 1. The van der Waals surface area contributed by atoms with E-state index in [1.54, 1.807) is 24.3 Å². The summed E-state index contributed by atoms with van der Waals surface area (Å²) in [6, 6.07) is 16.1. The molecule has 1 amide bonds. The molecule has 0 saturated carbocycles. The van der Waals surface area contributed by atoms with Gasteiger partial charge in [-0.25, -0.2) is 18.9 Å². The molecule has 1 aliphatic heterocycles. The quantitative estimate of drug-likeness (QED) is 0.511. The highest BCUT2D eigenvalue weighted by Crippen LogP contribution is 2.34. The van der Waals surface area contributed by atoms with E-state index in [0.29, 0.717) is 34.5 Å². The van der Waals surface area contributed by atoms with Crippen molar-refractivity contribution in [3.05, 3.63) is 70.8 Å². The van der Waals surface area contributed by atoms with Gasteiger partial charge in [-0.15, -0.1) is 5.10 Å². The second-order valence-electron chi connectivity index (χ2n) is 6.96. The Kier molecular flexibility index (Phi) is 4.51. The average Bonchev–Trinajstić information content (AvgIpc) is 3.33. The molecule has 0 fully saturated rings. The van der Waals surface area contributed by atoms with E-state index in [2.05, 4.69) is 20.7 Å². The SMILES string of the molecule is Cc1cc2nn(CC(=O)Nc3ccc4c(c3)OCO4)c(=O)n2c(Nc2ccccc2)n1. The van der Waals surface area contributed by atoms with E-state index < -0.39 is 11.6 Å². The molecule has 0 saturated heterocycles. The predicted octanol–water partition coefficient (Wildman–Crippen LogP) is 2.31. The summed E-state index contributed by atoms with van der Waals surface area (Å²) in [6.07, 6.45) is 0. The summed E-state index contributed by atoms with van der Waals surface area (Å²) in [5.74, 6) is 1.11. The van der Waals surface area contributed by atoms with Crippen molar-refractivity contribution in [1.82, 2.24) is 19.2 Å². The van der Waals surface area contributed by atoms with E-state index in [4.69, 9.17) is 9.47 Å². The topological polar surface area (TPSA) is 112 Å². The van der Waals surface area contributed by atoms with Gasteiger partial charge in [0.1, 0.15) is 6.54 Å². The minimum atomic E-state index is -0.471. The highest BCUT2D eigenvalue weighted by atomic mass is 16.7. The number of anilines is 3. The Labute approximate surface area is 176 Å². The van der Waals surface area contributed by atoms with E-state index in [9.17, 15) is 9.59 Å². The maximum atomic E-state index is 13.0. The van der Waals surface area contributed by atoms with Gasteiger partial charge >= 0.3 is 5.69 Å². The molecule has 0 bridgehead atoms. The molecule has 0 spiro atoms. The average molecular weight is 418 g/mol. The standard InChI is InChI=1S/C21H18N6O4/c1-13-9-18-25-26(11-19(28)23-15-7-8-16-17(10-15)31-12-30-16)21(29)27(18)20(22-13)24-14-5-3-2-4-6-14/h2-10H,11-12H2,1H3,(H,22,24)(H,23,28). The molecule has 4 aromatic rings. The van der Waals surface area contributed by atoms with E-state index in [1.807, 2.05) is 37.3 Å². The van der Waals surface area contributed by atoms with Crippen LogP contribution in [0.1, 0.15) is 5.69 Å². The molecule has 10 nitrogen and oxygen atoms in total. The molecule has 3 heterocycles. The summed E-state index contributed by atoms with van der Waals surface area (Å²) in [7, 11) is 0. The zero-order valence-electron chi connectivity index (χ0n) is 16.5. The predicted molar refractivity (Wildman–Crippen MR) is 113 cm³/mol. The zero-order valence-corrected chi connectivity index (χ0v) is 16.5. The maximum absolute atomic E-state index is 13.0. The van der Waals surface area contributed by atoms with Crippen molar-refractivity contribution in [1.29, 1.82) is 0 Å². The maximum Gasteiger partial charge on any atom is 0.353 e. The Morgan fingerprint density at radius 2 is 1.87 bits per heavy atom. The highest BCUT2D eigenvalue weighted by molar-refractivity contribution is 5.90. The lowest BCUT2D eigenvalue weighted by Gasteiger charge is -2.07. The molecule has 2 N–H and O–H groups in total. The lowest BCUT2D eigenvalue weighted by Crippen LogP contribution is -2.29. The molecular formula is C21H18N6O4. The third-order valence-electron chi connectivity index (χ3n) is 4.68. The minimum Gasteiger partial charge on any atom is -0.454 e. The van der Waals surface area contributed by atoms with Crippen LogP contribution in [0.15, 0.2) is 59.4 Å². The lowest BCUT2D eigenvalue weighted by atomic mass is 10.3. The number of nitrogens with zero attached hydrogens (tertiary/aromatic N) is 4. The van der Waals surface area contributed by atoms with Crippen LogP contribution in [0.5, 0.6) is 11.5 Å². The van der Waals surface area contributed by atoms with Crippen LogP contribution in [0, 0.1) is 6.92 Å². The van der Waals surface area contributed by atoms with Gasteiger partial charge in [-0.3, -0.25) is 4.79 Å². The number of hydrogen-bond acceptors (Lipinski definition) is 7. The number of carbonyl (C=O) groups is 1. The van der Waals surface area contributed by atoms with Gasteiger partial charge < -0.3 is 20.1 Å². The number of amides is 1. The Morgan fingerprint density at radius 1 is 1.06 bits per heavy atom. The van der Waals surface area contributed by atoms with Crippen LogP contribution in [-0.4, -0.2) is 31.9 Å². The highest BCUT2D eigenvalue weighted by Gasteiger charge is 2.17. The van der Waals surface area contributed by atoms with E-state index in [1.165, 1.54) is 4.40 Å². The van der Waals surface area contributed by atoms with Gasteiger partial charge in [0.2, 0.25) is 18.6 Å². The molecule has 2 aromatic heterocycles. The number of hydrogen-bond donors (Lipinski definition) is 2. The van der Waals surface area contributed by atoms with Crippen molar-refractivity contribution in [3.63, 3.8) is 0 Å². The molecule has 5 rings (SSSR count). The van der Waals surface area contributed by atoms with Gasteiger partial charge in [0.05, 0.1) is 0 Å². The largest absolute Gasteiger partial charge is 0.454 e. The number of aryl methyl sites for hydroxylation is 1. The molecule has 10 heteroatoms. The van der Waals surface area contributed by atoms with Gasteiger partial charge in [0.15, 0.2) is 17.1 Å². The normalized spacial score (nSPS) is 12.2. The molecule has 0 aliphatic carbocycles. The number of rotatable bonds is 5. The first-order valence-corrected chi connectivity index (χ1v) is 9.55. The van der Waals surface area contributed by atoms with E-state index in [-0.39, 0.29) is 13.3 Å². The molecule has 156 valence electrons. The van der Waals surface area contributed by atoms with Gasteiger partial charge in [0, 0.05) is 29.2 Å². The fraction of sp³-hybridized carbons (Fsp3) is 0.143. The van der Waals surface area contributed by atoms with Crippen LogP contribution >= 0.6 is 0 Å². The molecule has 31 heavy (non-hydrogen) atoms. The summed E-state index contributed by atoms with van der Waals surface area (Å²) in [5, 5.41) is 10.2. The zero-order chi connectivity index (χ0) is 21.4. The minimum absolute atomic E-state index is 0.149. The number of ether oxygens (including phenoxy) is 2. The number of fused-ring (bicyclic) bond motifs is 2. The Hall–Kier alpha value is -4.34. The van der Waals surface area contributed by atoms with Crippen molar-refractivity contribution in [3.8, 4) is 11.5 Å². The molecular weight excluding hydrogens is 400 g/mol. The van der Waals surface area contributed by atoms with Crippen LogP contribution in [0.3, 0.4) is 0 Å². The number of carbonyl (C=O) groups excluding carboxylic acids is 1. The Balaban J connectivity index is 1.41. The second-order valence-corrected chi connectivity index (χ2v) is 6.96. The Morgan fingerprint density at radius 3 is 2.71 bits per heavy atom. The molecule has 0 radical (unpaired) electrons. The van der Waals surface area contributed by atoms with Crippen LogP contribution < -0.4 is 25.8 Å². The number of aromatic nitrogens is 4. The summed E-state index contributed by atoms with van der Waals surface area (Å²) < 4.78 is 13.0. The molecule has 2 aromatic carbocycles. The van der Waals surface area contributed by atoms with Gasteiger partial charge in [-0.2, -0.15) is 0 Å². The third-order valence-corrected chi connectivity index (χ3v) is 4.68. The summed E-state index contributed by atoms with van der Waals surface area (Å²) in [5.41, 5.74) is 1.93. The van der Waals surface area contributed by atoms with E-state index in [0.717, 1.165) is 10.4 Å². The smallest absolute Gasteiger partial charge is 0.353 e. The summed E-state index contributed by atoms with van der Waals surface area (Å²) in [6.45, 7) is 1.71. The van der Waals surface area contributed by atoms with Crippen LogP contribution in [0.25, 0.3) is 5.65 Å². The summed E-state index contributed by atoms with van der Waals surface area (Å²) >= 11 is 0. The molecule has 0 unspecified atom stereocenters. The van der Waals surface area contributed by atoms with Crippen LogP contribution in [0.4, 0.5) is 17.3 Å². The molecule has 1 aliphatic rings. The second kappa shape index (κ2) is 7.48. The fourth-order valence-corrected chi connectivity index (χ4v) is 3.30. The van der Waals surface area contributed by atoms with Crippen molar-refractivity contribution in [2.75, 3.05) is 17.4 Å². The number of benzene rings is 2. The fourth-order valence-electron chi connectivity index (χ4n) is 3.30. The van der Waals surface area contributed by atoms with E-state index >= 15 is 0 Å². The Bertz CT molecular complexity index is 1350. The van der Waals surface area contributed by atoms with Crippen molar-refractivity contribution in [2.45, 2.75) is 13.5 Å². The lowest BCUT2D eigenvalue weighted by molar-refractivity contribution is -0.117. The third kappa shape index (κ3) is 3.66. The summed E-state index contributed by atoms with van der Waals surface area (Å²) in [4.78, 5) is 29.9. The first kappa shape index (κ1) is 18.7. The van der Waals surface area contributed by atoms with Crippen LogP contribution in [-0.2, 0) is 11.3 Å². The van der Waals surface area contributed by atoms with Crippen molar-refractivity contribution < 1.29 is 14.3 Å². The first-order chi connectivity index (χ1) is 15.1. The van der Waals surface area contributed by atoms with Gasteiger partial charge in [-0.05, 0) is 31.2 Å². The van der Waals surface area contributed by atoms with Gasteiger partial charge in [-0.1, -0.05) is 18.2 Å². The monoisotopic (exact) mass is 418 g/mol. The van der Waals surface area contributed by atoms with Crippen molar-refractivity contribution >= 4 is 28.9 Å². The van der Waals surface area contributed by atoms with Crippen molar-refractivity contribution in [2.24, 2.45) is 0 Å². The molecule has 0 atom stereocenters. The van der Waals surface area contributed by atoms with Gasteiger partial charge in [0.25, 0.3) is 0 Å².